The average molecular weight is 237 g/mol. The van der Waals surface area contributed by atoms with Crippen LogP contribution in [0.5, 0.6) is 0 Å². The molecule has 0 bridgehead atoms. The normalized spacial score (nSPS) is 10.1. The van der Waals surface area contributed by atoms with E-state index in [0.717, 1.165) is 25.9 Å². The molecule has 0 radical (unpaired) electrons. The maximum atomic E-state index is 8.48. The van der Waals surface area contributed by atoms with Crippen molar-refractivity contribution in [1.82, 2.24) is 6.15 Å². The molecule has 0 atom stereocenters. The molecular formula is C12H31NO3. The Hall–Kier alpha value is -0.160. The van der Waals surface area contributed by atoms with Gasteiger partial charge >= 0.3 is 0 Å². The summed E-state index contributed by atoms with van der Waals surface area (Å²) in [7, 11) is 1.73. The Labute approximate surface area is 101 Å². The van der Waals surface area contributed by atoms with Crippen molar-refractivity contribution in [3.8, 4) is 0 Å². The Morgan fingerprint density at radius 3 is 1.50 bits per heavy atom. The van der Waals surface area contributed by atoms with Gasteiger partial charge in [-0.2, -0.15) is 0 Å². The van der Waals surface area contributed by atoms with Gasteiger partial charge in [0.2, 0.25) is 0 Å². The van der Waals surface area contributed by atoms with Crippen molar-refractivity contribution in [2.45, 2.75) is 65.4 Å². The highest BCUT2D eigenvalue weighted by Crippen LogP contribution is 2.22. The molecule has 0 aliphatic heterocycles. The first-order valence-corrected chi connectivity index (χ1v) is 5.97. The van der Waals surface area contributed by atoms with Crippen LogP contribution >= 0.6 is 0 Å². The Bertz CT molecular complexity index is 95.3. The summed E-state index contributed by atoms with van der Waals surface area (Å²) >= 11 is 0. The lowest BCUT2D eigenvalue weighted by molar-refractivity contribution is -0.326. The smallest absolute Gasteiger partial charge is 0.103 e. The number of ether oxygens (including phenoxy) is 1. The SMILES string of the molecule is CCC(CC)(CC)OO.CCCCOC.N. The summed E-state index contributed by atoms with van der Waals surface area (Å²) in [6.07, 6.45) is 5.04. The lowest BCUT2D eigenvalue weighted by Gasteiger charge is -2.25. The predicted molar refractivity (Wildman–Crippen MR) is 69.1 cm³/mol. The van der Waals surface area contributed by atoms with E-state index in [1.54, 1.807) is 7.11 Å². The van der Waals surface area contributed by atoms with E-state index in [-0.39, 0.29) is 11.8 Å². The van der Waals surface area contributed by atoms with Crippen molar-refractivity contribution in [2.24, 2.45) is 0 Å². The van der Waals surface area contributed by atoms with Gasteiger partial charge in [-0.15, -0.1) is 0 Å². The first kappa shape index (κ1) is 21.2. The summed E-state index contributed by atoms with van der Waals surface area (Å²) < 4.78 is 4.78. The van der Waals surface area contributed by atoms with Crippen LogP contribution in [0, 0.1) is 0 Å². The third-order valence-corrected chi connectivity index (χ3v) is 2.83. The zero-order valence-electron chi connectivity index (χ0n) is 11.7. The van der Waals surface area contributed by atoms with Crippen molar-refractivity contribution >= 4 is 0 Å². The summed E-state index contributed by atoms with van der Waals surface area (Å²) in [6.45, 7) is 9.12. The molecule has 0 aliphatic rings. The highest BCUT2D eigenvalue weighted by Gasteiger charge is 2.24. The molecule has 0 spiro atoms. The monoisotopic (exact) mass is 237 g/mol. The van der Waals surface area contributed by atoms with E-state index < -0.39 is 0 Å². The molecule has 0 unspecified atom stereocenters. The highest BCUT2D eigenvalue weighted by atomic mass is 17.1. The Morgan fingerprint density at radius 1 is 1.00 bits per heavy atom. The van der Waals surface area contributed by atoms with Gasteiger partial charge in [-0.3, -0.25) is 5.26 Å². The van der Waals surface area contributed by atoms with Crippen LogP contribution in [0.25, 0.3) is 0 Å². The van der Waals surface area contributed by atoms with Crippen LogP contribution in [0.4, 0.5) is 0 Å². The van der Waals surface area contributed by atoms with E-state index in [2.05, 4.69) is 11.8 Å². The third-order valence-electron chi connectivity index (χ3n) is 2.83. The first-order valence-electron chi connectivity index (χ1n) is 5.97. The summed E-state index contributed by atoms with van der Waals surface area (Å²) in [5, 5.41) is 8.48. The molecule has 0 heterocycles. The van der Waals surface area contributed by atoms with Gasteiger partial charge in [0.05, 0.1) is 0 Å². The first-order chi connectivity index (χ1) is 7.16. The van der Waals surface area contributed by atoms with Crippen LogP contribution in [-0.4, -0.2) is 24.6 Å². The van der Waals surface area contributed by atoms with E-state index in [1.165, 1.54) is 12.8 Å². The fourth-order valence-electron chi connectivity index (χ4n) is 1.23. The third kappa shape index (κ3) is 10.4. The zero-order chi connectivity index (χ0) is 12.2. The van der Waals surface area contributed by atoms with Gasteiger partial charge in [0.15, 0.2) is 0 Å². The van der Waals surface area contributed by atoms with Crippen LogP contribution in [0.3, 0.4) is 0 Å². The van der Waals surface area contributed by atoms with Crippen LogP contribution in [-0.2, 0) is 9.62 Å². The van der Waals surface area contributed by atoms with Gasteiger partial charge in [-0.05, 0) is 25.7 Å². The number of unbranched alkanes of at least 4 members (excludes halogenated alkanes) is 1. The lowest BCUT2D eigenvalue weighted by Crippen LogP contribution is -2.28. The Morgan fingerprint density at radius 2 is 1.44 bits per heavy atom. The molecule has 0 aromatic heterocycles. The summed E-state index contributed by atoms with van der Waals surface area (Å²) in [5.74, 6) is 0. The van der Waals surface area contributed by atoms with Crippen molar-refractivity contribution in [3.63, 3.8) is 0 Å². The minimum atomic E-state index is -0.278. The van der Waals surface area contributed by atoms with Crippen molar-refractivity contribution < 1.29 is 14.9 Å². The van der Waals surface area contributed by atoms with Gasteiger partial charge in [0.1, 0.15) is 5.60 Å². The van der Waals surface area contributed by atoms with Gasteiger partial charge < -0.3 is 10.9 Å². The molecule has 0 amide bonds. The lowest BCUT2D eigenvalue weighted by atomic mass is 9.95. The maximum absolute atomic E-state index is 8.48. The number of hydrogen-bond acceptors (Lipinski definition) is 4. The molecule has 102 valence electrons. The standard InChI is InChI=1S/C7H16O2.C5H12O.H3N/c1-4-7(5-2,6-3)9-8;1-3-4-5-6-2;/h8H,4-6H2,1-3H3;3-5H2,1-2H3;1H3. The van der Waals surface area contributed by atoms with E-state index in [1.807, 2.05) is 20.8 Å². The van der Waals surface area contributed by atoms with Crippen LogP contribution in [0.1, 0.15) is 59.8 Å². The minimum Gasteiger partial charge on any atom is -0.385 e. The molecule has 0 aliphatic carbocycles. The molecule has 4 N–H and O–H groups in total. The van der Waals surface area contributed by atoms with Gasteiger partial charge in [-0.1, -0.05) is 34.1 Å². The number of methoxy groups -OCH3 is 1. The molecule has 0 saturated heterocycles. The van der Waals surface area contributed by atoms with Crippen molar-refractivity contribution in [2.75, 3.05) is 13.7 Å². The number of hydrogen-bond donors (Lipinski definition) is 2. The maximum Gasteiger partial charge on any atom is 0.103 e. The topological polar surface area (TPSA) is 73.7 Å². The fraction of sp³-hybridized carbons (Fsp3) is 1.00. The second-order valence-corrected chi connectivity index (χ2v) is 3.68. The molecule has 16 heavy (non-hydrogen) atoms. The van der Waals surface area contributed by atoms with Crippen LogP contribution in [0.2, 0.25) is 0 Å². The van der Waals surface area contributed by atoms with Gasteiger partial charge in [0.25, 0.3) is 0 Å². The largest absolute Gasteiger partial charge is 0.385 e. The van der Waals surface area contributed by atoms with E-state index in [0.29, 0.717) is 0 Å². The van der Waals surface area contributed by atoms with Gasteiger partial charge in [-0.25, -0.2) is 4.89 Å². The minimum absolute atomic E-state index is 0. The zero-order valence-corrected chi connectivity index (χ0v) is 11.7. The van der Waals surface area contributed by atoms with Crippen LogP contribution in [0.15, 0.2) is 0 Å². The van der Waals surface area contributed by atoms with Crippen LogP contribution < -0.4 is 6.15 Å². The molecule has 4 heteroatoms. The average Bonchev–Trinajstić information content (AvgIpc) is 2.31. The molecule has 4 nitrogen and oxygen atoms in total. The van der Waals surface area contributed by atoms with E-state index in [9.17, 15) is 0 Å². The second-order valence-electron chi connectivity index (χ2n) is 3.68. The number of rotatable bonds is 7. The molecule has 0 fully saturated rings. The summed E-state index contributed by atoms with van der Waals surface area (Å²) in [5.41, 5.74) is -0.278. The molecule has 0 rings (SSSR count). The summed E-state index contributed by atoms with van der Waals surface area (Å²) in [6, 6.07) is 0. The van der Waals surface area contributed by atoms with E-state index >= 15 is 0 Å². The van der Waals surface area contributed by atoms with Crippen molar-refractivity contribution in [3.05, 3.63) is 0 Å². The molecular weight excluding hydrogens is 206 g/mol. The van der Waals surface area contributed by atoms with Gasteiger partial charge in [0, 0.05) is 13.7 Å². The quantitative estimate of drug-likeness (QED) is 0.398. The highest BCUT2D eigenvalue weighted by molar-refractivity contribution is 4.73. The Balaban J connectivity index is -0.000000214. The molecule has 0 aromatic rings. The van der Waals surface area contributed by atoms with Crippen molar-refractivity contribution in [1.29, 1.82) is 0 Å². The molecule has 0 aromatic carbocycles. The predicted octanol–water partition coefficient (Wildman–Crippen LogP) is 4.04. The second kappa shape index (κ2) is 14.8. The summed E-state index contributed by atoms with van der Waals surface area (Å²) in [4.78, 5) is 4.39. The Kier molecular flexibility index (Phi) is 19.6. The fourth-order valence-corrected chi connectivity index (χ4v) is 1.23. The molecule has 0 saturated carbocycles. The van der Waals surface area contributed by atoms with E-state index in [4.69, 9.17) is 9.99 Å².